The molecule has 0 atom stereocenters. The number of hydrogen-bond donors (Lipinski definition) is 0. The van der Waals surface area contributed by atoms with Gasteiger partial charge in [-0.15, -0.1) is 0 Å². The van der Waals surface area contributed by atoms with Gasteiger partial charge in [-0.2, -0.15) is 0 Å². The van der Waals surface area contributed by atoms with Gasteiger partial charge in [0, 0.05) is 32.8 Å². The van der Waals surface area contributed by atoms with Gasteiger partial charge >= 0.3 is 0 Å². The Morgan fingerprint density at radius 3 is 1.81 bits per heavy atom. The van der Waals surface area contributed by atoms with Gasteiger partial charge in [0.1, 0.15) is 11.2 Å². The van der Waals surface area contributed by atoms with Gasteiger partial charge in [-0.3, -0.25) is 0 Å². The van der Waals surface area contributed by atoms with Gasteiger partial charge in [-0.05, 0) is 45.1 Å². The summed E-state index contributed by atoms with van der Waals surface area (Å²) in [4.78, 5) is 15.5. The van der Waals surface area contributed by atoms with Gasteiger partial charge in [-0.1, -0.05) is 121 Å². The molecule has 2 aromatic heterocycles. The normalized spacial score (nSPS) is 11.7. The molecule has 2 heterocycles. The van der Waals surface area contributed by atoms with Crippen molar-refractivity contribution in [2.45, 2.75) is 0 Å². The smallest absolute Gasteiger partial charge is 0.164 e. The fourth-order valence-corrected chi connectivity index (χ4v) is 6.28. The first-order chi connectivity index (χ1) is 21.3. The molecule has 9 aromatic rings. The van der Waals surface area contributed by atoms with Gasteiger partial charge in [0.2, 0.25) is 0 Å². The van der Waals surface area contributed by atoms with Crippen LogP contribution in [0, 0.1) is 0 Å². The lowest BCUT2D eigenvalue weighted by Crippen LogP contribution is -2.01. The van der Waals surface area contributed by atoms with Crippen molar-refractivity contribution in [3.63, 3.8) is 0 Å². The summed E-state index contributed by atoms with van der Waals surface area (Å²) in [7, 11) is 0. The standard InChI is InChI=1S/C39H23N3O/c1-2-11-27-23-28(22-19-24(27)9-1)37-40-38(31-15-7-12-26-21-20-25-10-3-4-13-29(25)35(26)31)42-39(41-37)32-16-8-18-34-36(32)30-14-5-6-17-33(30)43-34/h1-23H. The maximum Gasteiger partial charge on any atom is 0.164 e. The highest BCUT2D eigenvalue weighted by atomic mass is 16.3. The first kappa shape index (κ1) is 23.8. The third-order valence-corrected chi connectivity index (χ3v) is 8.30. The predicted octanol–water partition coefficient (Wildman–Crippen LogP) is 10.2. The summed E-state index contributed by atoms with van der Waals surface area (Å²) in [5.41, 5.74) is 4.49. The minimum atomic E-state index is 0.613. The van der Waals surface area contributed by atoms with E-state index in [0.717, 1.165) is 54.8 Å². The molecular weight excluding hydrogens is 526 g/mol. The molecular formula is C39H23N3O. The van der Waals surface area contributed by atoms with E-state index in [1.807, 2.05) is 30.3 Å². The fourth-order valence-electron chi connectivity index (χ4n) is 6.28. The van der Waals surface area contributed by atoms with Crippen molar-refractivity contribution in [1.82, 2.24) is 15.0 Å². The summed E-state index contributed by atoms with van der Waals surface area (Å²) >= 11 is 0. The van der Waals surface area contributed by atoms with Crippen molar-refractivity contribution in [3.05, 3.63) is 140 Å². The Kier molecular flexibility index (Phi) is 5.16. The van der Waals surface area contributed by atoms with Crippen LogP contribution in [0.4, 0.5) is 0 Å². The summed E-state index contributed by atoms with van der Waals surface area (Å²) in [6.07, 6.45) is 0. The van der Waals surface area contributed by atoms with E-state index in [-0.39, 0.29) is 0 Å². The highest BCUT2D eigenvalue weighted by Crippen LogP contribution is 2.38. The second-order valence-corrected chi connectivity index (χ2v) is 10.8. The van der Waals surface area contributed by atoms with E-state index in [9.17, 15) is 0 Å². The van der Waals surface area contributed by atoms with Crippen molar-refractivity contribution < 1.29 is 4.42 Å². The molecule has 0 unspecified atom stereocenters. The summed E-state index contributed by atoms with van der Waals surface area (Å²) in [6.45, 7) is 0. The third-order valence-electron chi connectivity index (χ3n) is 8.30. The van der Waals surface area contributed by atoms with E-state index >= 15 is 0 Å². The highest BCUT2D eigenvalue weighted by molar-refractivity contribution is 6.14. The maximum atomic E-state index is 6.23. The topological polar surface area (TPSA) is 51.8 Å². The number of nitrogens with zero attached hydrogens (tertiary/aromatic N) is 3. The van der Waals surface area contributed by atoms with E-state index < -0.39 is 0 Å². The third kappa shape index (κ3) is 3.81. The number of furan rings is 1. The second-order valence-electron chi connectivity index (χ2n) is 10.8. The zero-order chi connectivity index (χ0) is 28.3. The van der Waals surface area contributed by atoms with Crippen LogP contribution in [-0.2, 0) is 0 Å². The molecule has 0 amide bonds. The molecule has 0 spiro atoms. The van der Waals surface area contributed by atoms with Crippen LogP contribution in [0.1, 0.15) is 0 Å². The number of fused-ring (bicyclic) bond motifs is 7. The number of aromatic nitrogens is 3. The Labute approximate surface area is 246 Å². The minimum absolute atomic E-state index is 0.613. The molecule has 0 radical (unpaired) electrons. The van der Waals surface area contributed by atoms with Gasteiger partial charge in [0.15, 0.2) is 17.5 Å². The first-order valence-electron chi connectivity index (χ1n) is 14.4. The van der Waals surface area contributed by atoms with Crippen LogP contribution in [0.3, 0.4) is 0 Å². The molecule has 4 nitrogen and oxygen atoms in total. The summed E-state index contributed by atoms with van der Waals surface area (Å²) in [5, 5.41) is 9.00. The van der Waals surface area contributed by atoms with Crippen molar-refractivity contribution in [1.29, 1.82) is 0 Å². The molecule has 0 saturated heterocycles. The van der Waals surface area contributed by atoms with Crippen molar-refractivity contribution in [2.75, 3.05) is 0 Å². The van der Waals surface area contributed by atoms with Crippen LogP contribution in [0.25, 0.3) is 88.4 Å². The van der Waals surface area contributed by atoms with Crippen LogP contribution in [0.2, 0.25) is 0 Å². The average molecular weight is 550 g/mol. The Morgan fingerprint density at radius 2 is 0.953 bits per heavy atom. The maximum absolute atomic E-state index is 6.23. The van der Waals surface area contributed by atoms with Crippen LogP contribution >= 0.6 is 0 Å². The van der Waals surface area contributed by atoms with Gasteiger partial charge in [0.25, 0.3) is 0 Å². The molecule has 4 heteroatoms. The zero-order valence-electron chi connectivity index (χ0n) is 23.0. The van der Waals surface area contributed by atoms with Gasteiger partial charge in [0.05, 0.1) is 0 Å². The monoisotopic (exact) mass is 549 g/mol. The molecule has 9 rings (SSSR count). The van der Waals surface area contributed by atoms with E-state index in [1.54, 1.807) is 0 Å². The fraction of sp³-hybridized carbons (Fsp3) is 0. The van der Waals surface area contributed by atoms with E-state index in [2.05, 4.69) is 109 Å². The molecule has 0 bridgehead atoms. The SMILES string of the molecule is c1ccc2cc(-c3nc(-c4cccc5ccc6ccccc6c45)nc(-c4cccc5oc6ccccc6c45)n3)ccc2c1. The summed E-state index contributed by atoms with van der Waals surface area (Å²) < 4.78 is 6.23. The lowest BCUT2D eigenvalue weighted by atomic mass is 9.97. The highest BCUT2D eigenvalue weighted by Gasteiger charge is 2.19. The molecule has 0 saturated carbocycles. The van der Waals surface area contributed by atoms with Crippen LogP contribution in [0.5, 0.6) is 0 Å². The number of para-hydroxylation sites is 1. The summed E-state index contributed by atoms with van der Waals surface area (Å²) in [6, 6.07) is 48.1. The van der Waals surface area contributed by atoms with Crippen LogP contribution in [-0.4, -0.2) is 15.0 Å². The van der Waals surface area contributed by atoms with E-state index in [4.69, 9.17) is 19.4 Å². The minimum Gasteiger partial charge on any atom is -0.456 e. The van der Waals surface area contributed by atoms with E-state index in [0.29, 0.717) is 17.5 Å². The Morgan fingerprint density at radius 1 is 0.372 bits per heavy atom. The number of rotatable bonds is 3. The number of benzene rings is 7. The molecule has 7 aromatic carbocycles. The molecule has 0 aliphatic heterocycles. The van der Waals surface area contributed by atoms with Gasteiger partial charge < -0.3 is 4.42 Å². The predicted molar refractivity (Wildman–Crippen MR) is 176 cm³/mol. The van der Waals surface area contributed by atoms with Crippen molar-refractivity contribution >= 4 is 54.3 Å². The Bertz CT molecular complexity index is 2530. The molecule has 200 valence electrons. The summed E-state index contributed by atoms with van der Waals surface area (Å²) in [5.74, 6) is 1.88. The van der Waals surface area contributed by atoms with Crippen molar-refractivity contribution in [3.8, 4) is 34.2 Å². The molecule has 0 N–H and O–H groups in total. The van der Waals surface area contributed by atoms with Gasteiger partial charge in [-0.25, -0.2) is 15.0 Å². The van der Waals surface area contributed by atoms with E-state index in [1.165, 1.54) is 16.2 Å². The Hall–Kier alpha value is -5.87. The average Bonchev–Trinajstić information content (AvgIpc) is 3.46. The molecule has 0 aliphatic rings. The first-order valence-corrected chi connectivity index (χ1v) is 14.4. The molecule has 43 heavy (non-hydrogen) atoms. The van der Waals surface area contributed by atoms with Crippen LogP contribution < -0.4 is 0 Å². The molecule has 0 aliphatic carbocycles. The number of hydrogen-bond acceptors (Lipinski definition) is 4. The largest absolute Gasteiger partial charge is 0.456 e. The lowest BCUT2D eigenvalue weighted by Gasteiger charge is -2.12. The molecule has 0 fully saturated rings. The van der Waals surface area contributed by atoms with Crippen LogP contribution in [0.15, 0.2) is 144 Å². The van der Waals surface area contributed by atoms with Crippen molar-refractivity contribution in [2.24, 2.45) is 0 Å². The zero-order valence-corrected chi connectivity index (χ0v) is 23.0. The Balaban J connectivity index is 1.37. The second kappa shape index (κ2) is 9.33. The lowest BCUT2D eigenvalue weighted by molar-refractivity contribution is 0.669. The quantitative estimate of drug-likeness (QED) is 0.206.